The fraction of sp³-hybridized carbons (Fsp3) is 0.812. The summed E-state index contributed by atoms with van der Waals surface area (Å²) in [7, 11) is -12.2. The summed E-state index contributed by atoms with van der Waals surface area (Å²) >= 11 is 0. The zero-order valence-corrected chi connectivity index (χ0v) is 64.0. The van der Waals surface area contributed by atoms with Crippen molar-refractivity contribution in [1.29, 1.82) is 0 Å². The Balaban J connectivity index is 3.05. The van der Waals surface area contributed by atoms with Crippen LogP contribution in [0.5, 0.6) is 0 Å². The predicted octanol–water partition coefficient (Wildman–Crippen LogP) is 19.7. The molecule has 2 rings (SSSR count). The van der Waals surface area contributed by atoms with Gasteiger partial charge in [0.15, 0.2) is 47.4 Å². The molecule has 478 valence electrons. The van der Waals surface area contributed by atoms with Crippen molar-refractivity contribution < 1.29 is 41.1 Å². The molecule has 0 aromatic rings. The molecule has 0 N–H and O–H groups in total. The van der Waals surface area contributed by atoms with Crippen molar-refractivity contribution >= 4 is 47.6 Å². The molecule has 0 aromatic carbocycles. The van der Waals surface area contributed by atoms with E-state index < -0.39 is 77.9 Å². The molecule has 12 atom stereocenters. The summed E-state index contributed by atoms with van der Waals surface area (Å²) in [5.74, 6) is 11.5. The first-order chi connectivity index (χ1) is 38.1. The number of hydrogen-bond donors (Lipinski definition) is 0. The Kier molecular flexibility index (Phi) is 30.0. The van der Waals surface area contributed by atoms with E-state index in [0.29, 0.717) is 19.3 Å². The maximum Gasteiger partial charge on any atom is 0.309 e. The number of carbonyl (C=O) groups is 1. The Hall–Kier alpha value is -1.65. The molecule has 1 unspecified atom stereocenters. The van der Waals surface area contributed by atoms with Gasteiger partial charge in [-0.25, -0.2) is 0 Å². The van der Waals surface area contributed by atoms with Gasteiger partial charge >= 0.3 is 5.97 Å². The lowest BCUT2D eigenvalue weighted by molar-refractivity contribution is -0.181. The number of carbonyl (C=O) groups excluding carboxylic acids is 1. The Morgan fingerprint density at radius 1 is 0.699 bits per heavy atom. The first-order valence-electron chi connectivity index (χ1n) is 32.5. The van der Waals surface area contributed by atoms with E-state index >= 15 is 0 Å². The molecule has 2 aliphatic rings. The van der Waals surface area contributed by atoms with Gasteiger partial charge < -0.3 is 36.3 Å². The molecule has 0 aromatic heterocycles. The van der Waals surface area contributed by atoms with E-state index in [1.807, 2.05) is 32.1 Å². The monoisotopic (exact) mass is 1240 g/mol. The molecule has 9 nitrogen and oxygen atoms in total. The molecular weight excluding hydrogens is 1110 g/mol. The van der Waals surface area contributed by atoms with Gasteiger partial charge in [-0.3, -0.25) is 4.79 Å². The van der Waals surface area contributed by atoms with Crippen molar-refractivity contribution in [3.05, 3.63) is 47.6 Å². The minimum absolute atomic E-state index is 0.0202. The SMILES string of the molecule is C=C(/C=C(\C)[C@@H](C)C(C[C@@H](O[Si](CC)(CC)CC)[C@@H](C)C#CC)(O[Si](CC)(CC)CC)O[Si](C)(C)C(C)(C)C)[C@@H](O[Si](C)(C)C(C)(C)C)[C@@H](O[Si](C)(C)C(C)(C)C)[C@H]1C[C@@H](C)[C@H](CC(=O)O[C@H](/C=C/C=C(C)C)[C@H]2CC[C@H](CC#CC)O2)O1. The number of esters is 1. The van der Waals surface area contributed by atoms with Gasteiger partial charge in [0, 0.05) is 24.7 Å². The lowest BCUT2D eigenvalue weighted by atomic mass is 9.85. The van der Waals surface area contributed by atoms with E-state index in [1.54, 1.807) is 0 Å². The summed E-state index contributed by atoms with van der Waals surface area (Å²) in [6.45, 7) is 70.7. The summed E-state index contributed by atoms with van der Waals surface area (Å²) in [6, 6.07) is 6.04. The standard InChI is InChI=1S/C69H128O9Si5/c1-31-39-43-57-45-46-59(71-57)58(44-40-42-51(9)10)73-63(70)49-60-54(13)48-61(72-60)65(76-80(27,28)67(19,20)21)64(75-79(25,26)66(16,17)18)55(14)47-53(12)56(15)69(77-81(29,30)68(22,23)24,78-83(36-6,37-7)38-8)50-62(52(11)41-32-2)74-82(33-3,34-4)35-5/h40,42,44,47,52,54,56-62,64-65H,14,33-38,43,45-46,48-50H2,1-13,15-30H3/b44-40+,53-47+/t52-,54+,56+,57-,58+,59+,60-,61+,62+,64+,65-,69?/m0/s1. The number of hydrogen-bond acceptors (Lipinski definition) is 9. The second kappa shape index (κ2) is 32.2. The summed E-state index contributed by atoms with van der Waals surface area (Å²) in [5, 5.41) is -0.366. The van der Waals surface area contributed by atoms with Crippen LogP contribution in [0.2, 0.25) is 90.7 Å². The minimum atomic E-state index is -2.58. The molecule has 2 aliphatic heterocycles. The molecule has 0 bridgehead atoms. The summed E-state index contributed by atoms with van der Waals surface area (Å²) in [5.41, 5.74) is 3.11. The maximum absolute atomic E-state index is 14.3. The smallest absolute Gasteiger partial charge is 0.309 e. The van der Waals surface area contributed by atoms with E-state index in [1.165, 1.54) is 0 Å². The van der Waals surface area contributed by atoms with Gasteiger partial charge in [-0.1, -0.05) is 160 Å². The third-order valence-electron chi connectivity index (χ3n) is 20.5. The molecule has 14 heteroatoms. The summed E-state index contributed by atoms with van der Waals surface area (Å²) in [4.78, 5) is 14.3. The number of allylic oxidation sites excluding steroid dienone is 3. The van der Waals surface area contributed by atoms with E-state index in [4.69, 9.17) is 42.9 Å². The Bertz CT molecular complexity index is 2240. The highest BCUT2D eigenvalue weighted by Gasteiger charge is 2.55. The summed E-state index contributed by atoms with van der Waals surface area (Å²) in [6.07, 6.45) is 9.11. The van der Waals surface area contributed by atoms with Crippen molar-refractivity contribution in [3.63, 3.8) is 0 Å². The second-order valence-electron chi connectivity index (χ2n) is 29.9. The van der Waals surface area contributed by atoms with Gasteiger partial charge in [0.05, 0.1) is 43.0 Å². The van der Waals surface area contributed by atoms with Crippen LogP contribution >= 0.6 is 0 Å². The minimum Gasteiger partial charge on any atom is -0.455 e. The van der Waals surface area contributed by atoms with Crippen molar-refractivity contribution in [2.45, 2.75) is 343 Å². The quantitative estimate of drug-likeness (QED) is 0.0215. The van der Waals surface area contributed by atoms with Gasteiger partial charge in [-0.2, -0.15) is 0 Å². The normalized spacial score (nSPS) is 22.8. The van der Waals surface area contributed by atoms with Gasteiger partial charge in [0.1, 0.15) is 12.2 Å². The molecule has 2 saturated heterocycles. The fourth-order valence-electron chi connectivity index (χ4n) is 10.9. The zero-order valence-electron chi connectivity index (χ0n) is 59.0. The van der Waals surface area contributed by atoms with Crippen LogP contribution in [-0.4, -0.2) is 102 Å². The van der Waals surface area contributed by atoms with Crippen LogP contribution in [-0.2, 0) is 41.1 Å². The second-order valence-corrected chi connectivity index (χ2v) is 53.5. The molecule has 0 aliphatic carbocycles. The van der Waals surface area contributed by atoms with Crippen molar-refractivity contribution in [2.75, 3.05) is 0 Å². The van der Waals surface area contributed by atoms with E-state index in [-0.39, 0.29) is 63.6 Å². The van der Waals surface area contributed by atoms with Crippen molar-refractivity contribution in [2.24, 2.45) is 17.8 Å². The molecule has 0 radical (unpaired) electrons. The van der Waals surface area contributed by atoms with Crippen LogP contribution < -0.4 is 0 Å². The topological polar surface area (TPSA) is 90.9 Å². The zero-order chi connectivity index (χ0) is 64.0. The van der Waals surface area contributed by atoms with Crippen molar-refractivity contribution in [3.8, 4) is 23.7 Å². The Morgan fingerprint density at radius 3 is 1.71 bits per heavy atom. The molecule has 2 fully saturated rings. The van der Waals surface area contributed by atoms with Gasteiger partial charge in [0.2, 0.25) is 0 Å². The van der Waals surface area contributed by atoms with Gasteiger partial charge in [-0.15, -0.1) is 17.8 Å². The molecule has 0 spiro atoms. The van der Waals surface area contributed by atoms with Crippen LogP contribution in [0.1, 0.15) is 198 Å². The largest absolute Gasteiger partial charge is 0.455 e. The predicted molar refractivity (Wildman–Crippen MR) is 366 cm³/mol. The lowest BCUT2D eigenvalue weighted by Crippen LogP contribution is -2.61. The van der Waals surface area contributed by atoms with Gasteiger partial charge in [0.25, 0.3) is 0 Å². The van der Waals surface area contributed by atoms with Crippen LogP contribution in [0, 0.1) is 41.4 Å². The average Bonchev–Trinajstić information content (AvgIpc) is 3.89. The Morgan fingerprint density at radius 2 is 1.23 bits per heavy atom. The van der Waals surface area contributed by atoms with Crippen molar-refractivity contribution in [1.82, 2.24) is 0 Å². The van der Waals surface area contributed by atoms with E-state index in [9.17, 15) is 4.79 Å². The van der Waals surface area contributed by atoms with Crippen LogP contribution in [0.4, 0.5) is 0 Å². The third kappa shape index (κ3) is 21.5. The first-order valence-corrected chi connectivity index (χ1v) is 46.3. The van der Waals surface area contributed by atoms with Crippen LogP contribution in [0.25, 0.3) is 0 Å². The molecule has 83 heavy (non-hydrogen) atoms. The molecule has 0 saturated carbocycles. The average molecular weight is 1240 g/mol. The molecule has 2 heterocycles. The third-order valence-corrected chi connectivity index (χ3v) is 43.2. The van der Waals surface area contributed by atoms with Crippen LogP contribution in [0.15, 0.2) is 47.6 Å². The van der Waals surface area contributed by atoms with Gasteiger partial charge in [-0.05, 0) is 169 Å². The first kappa shape index (κ1) is 77.5. The Labute approximate surface area is 517 Å². The molecule has 0 amide bonds. The molecular formula is C69H128O9Si5. The van der Waals surface area contributed by atoms with E-state index in [2.05, 4.69) is 214 Å². The number of ether oxygens (including phenoxy) is 3. The lowest BCUT2D eigenvalue weighted by Gasteiger charge is -2.53. The maximum atomic E-state index is 14.3. The number of rotatable bonds is 32. The van der Waals surface area contributed by atoms with Crippen LogP contribution in [0.3, 0.4) is 0 Å². The highest BCUT2D eigenvalue weighted by atomic mass is 28.4. The fourth-order valence-corrected chi connectivity index (χ4v) is 20.9. The highest BCUT2D eigenvalue weighted by Crippen LogP contribution is 2.50. The van der Waals surface area contributed by atoms with E-state index in [0.717, 1.165) is 65.8 Å². The highest BCUT2D eigenvalue weighted by molar-refractivity contribution is 6.76. The summed E-state index contributed by atoms with van der Waals surface area (Å²) < 4.78 is 59.6.